The van der Waals surface area contributed by atoms with Crippen molar-refractivity contribution >= 4 is 0 Å². The molecule has 0 bridgehead atoms. The van der Waals surface area contributed by atoms with Gasteiger partial charge in [-0.05, 0) is 102 Å². The summed E-state index contributed by atoms with van der Waals surface area (Å²) in [6.45, 7) is 0. The standard InChI is InChI=1S/C54H35N/c1-3-16-36(17-4-1)38-20-13-21-39(32-38)40-22-14-23-41(33-40)52-35-42(34-51(55-52)37-18-5-2-6-19-37)43-27-15-31-50-53(43)46-26-9-12-30-49(46)54(50)47-28-10-7-24-44(47)45-25-8-11-29-48(45)54/h1-35H. The first-order valence-corrected chi connectivity index (χ1v) is 19.0. The number of fused-ring (bicyclic) bond motifs is 10. The summed E-state index contributed by atoms with van der Waals surface area (Å²) in [4.78, 5) is 5.37. The first kappa shape index (κ1) is 31.4. The van der Waals surface area contributed by atoms with Gasteiger partial charge in [0.2, 0.25) is 0 Å². The Kier molecular flexibility index (Phi) is 7.15. The third kappa shape index (κ3) is 4.83. The quantitative estimate of drug-likeness (QED) is 0.174. The second kappa shape index (κ2) is 12.5. The molecule has 0 saturated heterocycles. The minimum Gasteiger partial charge on any atom is -0.248 e. The molecule has 2 aliphatic rings. The smallest absolute Gasteiger partial charge is 0.0725 e. The summed E-state index contributed by atoms with van der Waals surface area (Å²) in [6.07, 6.45) is 0. The second-order valence-electron chi connectivity index (χ2n) is 14.6. The van der Waals surface area contributed by atoms with Crippen LogP contribution in [0.4, 0.5) is 0 Å². The van der Waals surface area contributed by atoms with Gasteiger partial charge in [-0.3, -0.25) is 0 Å². The first-order chi connectivity index (χ1) is 27.3. The van der Waals surface area contributed by atoms with E-state index in [0.717, 1.165) is 28.1 Å². The van der Waals surface area contributed by atoms with Crippen LogP contribution in [0.5, 0.6) is 0 Å². The number of hydrogen-bond donors (Lipinski definition) is 0. The highest BCUT2D eigenvalue weighted by Crippen LogP contribution is 2.64. The lowest BCUT2D eigenvalue weighted by atomic mass is 9.70. The molecule has 0 aliphatic heterocycles. The summed E-state index contributed by atoms with van der Waals surface area (Å²) in [7, 11) is 0. The minimum atomic E-state index is -0.393. The van der Waals surface area contributed by atoms with Crippen LogP contribution in [-0.2, 0) is 5.41 Å². The van der Waals surface area contributed by atoms with E-state index in [9.17, 15) is 0 Å². The second-order valence-corrected chi connectivity index (χ2v) is 14.6. The molecule has 0 radical (unpaired) electrons. The van der Waals surface area contributed by atoms with Crippen LogP contribution in [0.2, 0.25) is 0 Å². The molecule has 1 nitrogen and oxygen atoms in total. The molecule has 0 saturated carbocycles. The average Bonchev–Trinajstić information content (AvgIpc) is 3.75. The fourth-order valence-corrected chi connectivity index (χ4v) is 9.34. The van der Waals surface area contributed by atoms with E-state index in [1.165, 1.54) is 72.3 Å². The van der Waals surface area contributed by atoms with Gasteiger partial charge in [0, 0.05) is 11.1 Å². The normalized spacial score (nSPS) is 12.9. The Hall–Kier alpha value is -7.09. The highest BCUT2D eigenvalue weighted by molar-refractivity contribution is 6.00. The van der Waals surface area contributed by atoms with Crippen molar-refractivity contribution in [3.63, 3.8) is 0 Å². The van der Waals surface area contributed by atoms with Gasteiger partial charge >= 0.3 is 0 Å². The van der Waals surface area contributed by atoms with Crippen molar-refractivity contribution in [2.24, 2.45) is 0 Å². The van der Waals surface area contributed by atoms with Gasteiger partial charge in [-0.1, -0.05) is 188 Å². The number of benzene rings is 8. The Morgan fingerprint density at radius 2 is 0.655 bits per heavy atom. The summed E-state index contributed by atoms with van der Waals surface area (Å²) in [5.74, 6) is 0. The van der Waals surface area contributed by atoms with E-state index in [2.05, 4.69) is 212 Å². The predicted molar refractivity (Wildman–Crippen MR) is 228 cm³/mol. The van der Waals surface area contributed by atoms with Gasteiger partial charge in [0.1, 0.15) is 0 Å². The number of aromatic nitrogens is 1. The van der Waals surface area contributed by atoms with Crippen molar-refractivity contribution < 1.29 is 0 Å². The average molecular weight is 698 g/mol. The summed E-state index contributed by atoms with van der Waals surface area (Å²) in [5.41, 5.74) is 21.5. The van der Waals surface area contributed by atoms with E-state index in [0.29, 0.717) is 0 Å². The van der Waals surface area contributed by atoms with Crippen molar-refractivity contribution in [1.29, 1.82) is 0 Å². The SMILES string of the molecule is c1ccc(-c2cccc(-c3cccc(-c4cc(-c5cccc6c5-c5ccccc5C65c6ccccc6-c6ccccc65)cc(-c5ccccc5)n4)c3)c2)cc1. The predicted octanol–water partition coefficient (Wildman–Crippen LogP) is 13.8. The maximum absolute atomic E-state index is 5.37. The van der Waals surface area contributed by atoms with Crippen LogP contribution in [0.25, 0.3) is 78.1 Å². The van der Waals surface area contributed by atoms with Crippen molar-refractivity contribution in [2.45, 2.75) is 5.41 Å². The molecule has 2 aliphatic carbocycles. The topological polar surface area (TPSA) is 12.9 Å². The van der Waals surface area contributed by atoms with Gasteiger partial charge in [-0.2, -0.15) is 0 Å². The molecule has 0 amide bonds. The molecule has 256 valence electrons. The van der Waals surface area contributed by atoms with Crippen LogP contribution in [0.15, 0.2) is 212 Å². The molecule has 8 aromatic carbocycles. The van der Waals surface area contributed by atoms with Crippen LogP contribution >= 0.6 is 0 Å². The van der Waals surface area contributed by atoms with Crippen LogP contribution < -0.4 is 0 Å². The lowest BCUT2D eigenvalue weighted by molar-refractivity contribution is 0.794. The molecule has 1 spiro atoms. The van der Waals surface area contributed by atoms with E-state index >= 15 is 0 Å². The zero-order valence-electron chi connectivity index (χ0n) is 30.2. The van der Waals surface area contributed by atoms with E-state index < -0.39 is 5.41 Å². The Balaban J connectivity index is 1.12. The zero-order chi connectivity index (χ0) is 36.3. The van der Waals surface area contributed by atoms with Crippen molar-refractivity contribution in [1.82, 2.24) is 4.98 Å². The fraction of sp³-hybridized carbons (Fsp3) is 0.0185. The largest absolute Gasteiger partial charge is 0.248 e. The maximum atomic E-state index is 5.37. The molecule has 1 heteroatoms. The van der Waals surface area contributed by atoms with Crippen molar-refractivity contribution in [2.75, 3.05) is 0 Å². The van der Waals surface area contributed by atoms with Crippen molar-refractivity contribution in [3.05, 3.63) is 235 Å². The molecule has 0 N–H and O–H groups in total. The molecule has 0 fully saturated rings. The summed E-state index contributed by atoms with van der Waals surface area (Å²) >= 11 is 0. The lowest BCUT2D eigenvalue weighted by Gasteiger charge is -2.30. The number of nitrogens with zero attached hydrogens (tertiary/aromatic N) is 1. The van der Waals surface area contributed by atoms with Gasteiger partial charge in [0.15, 0.2) is 0 Å². The Bertz CT molecular complexity index is 2880. The molecule has 11 rings (SSSR count). The monoisotopic (exact) mass is 697 g/mol. The first-order valence-electron chi connectivity index (χ1n) is 19.0. The molecule has 9 aromatic rings. The fourth-order valence-electron chi connectivity index (χ4n) is 9.34. The number of hydrogen-bond acceptors (Lipinski definition) is 1. The van der Waals surface area contributed by atoms with E-state index in [-0.39, 0.29) is 0 Å². The van der Waals surface area contributed by atoms with Gasteiger partial charge < -0.3 is 0 Å². The van der Waals surface area contributed by atoms with Crippen LogP contribution in [0.1, 0.15) is 22.3 Å². The Morgan fingerprint density at radius 3 is 1.29 bits per heavy atom. The molecular weight excluding hydrogens is 663 g/mol. The zero-order valence-corrected chi connectivity index (χ0v) is 30.2. The van der Waals surface area contributed by atoms with Crippen molar-refractivity contribution in [3.8, 4) is 78.1 Å². The van der Waals surface area contributed by atoms with Crippen LogP contribution in [0.3, 0.4) is 0 Å². The molecule has 55 heavy (non-hydrogen) atoms. The molecule has 1 aromatic heterocycles. The number of pyridine rings is 1. The molecule has 1 heterocycles. The lowest BCUT2D eigenvalue weighted by Crippen LogP contribution is -2.25. The van der Waals surface area contributed by atoms with E-state index in [1.807, 2.05) is 0 Å². The van der Waals surface area contributed by atoms with Gasteiger partial charge in [0.05, 0.1) is 16.8 Å². The Labute approximate surface area is 321 Å². The highest BCUT2D eigenvalue weighted by atomic mass is 14.7. The molecular formula is C54H35N. The minimum absolute atomic E-state index is 0.393. The third-order valence-electron chi connectivity index (χ3n) is 11.7. The van der Waals surface area contributed by atoms with Crippen LogP contribution in [-0.4, -0.2) is 4.98 Å². The summed E-state index contributed by atoms with van der Waals surface area (Å²) in [5, 5.41) is 0. The third-order valence-corrected chi connectivity index (χ3v) is 11.7. The molecule has 0 atom stereocenters. The van der Waals surface area contributed by atoms with Gasteiger partial charge in [-0.15, -0.1) is 0 Å². The molecule has 0 unspecified atom stereocenters. The van der Waals surface area contributed by atoms with E-state index in [4.69, 9.17) is 4.98 Å². The van der Waals surface area contributed by atoms with Crippen LogP contribution in [0, 0.1) is 0 Å². The summed E-state index contributed by atoms with van der Waals surface area (Å²) in [6, 6.07) is 77.4. The summed E-state index contributed by atoms with van der Waals surface area (Å²) < 4.78 is 0. The van der Waals surface area contributed by atoms with Gasteiger partial charge in [0.25, 0.3) is 0 Å². The maximum Gasteiger partial charge on any atom is 0.0725 e. The number of rotatable bonds is 5. The van der Waals surface area contributed by atoms with E-state index in [1.54, 1.807) is 0 Å². The van der Waals surface area contributed by atoms with Gasteiger partial charge in [-0.25, -0.2) is 4.98 Å². The Morgan fingerprint density at radius 1 is 0.255 bits per heavy atom. The highest BCUT2D eigenvalue weighted by Gasteiger charge is 2.51.